The molecule has 0 saturated heterocycles. The van der Waals surface area contributed by atoms with E-state index in [1.54, 1.807) is 6.20 Å². The highest BCUT2D eigenvalue weighted by Gasteiger charge is 2.23. The van der Waals surface area contributed by atoms with Crippen LogP contribution in [-0.4, -0.2) is 11.5 Å². The predicted molar refractivity (Wildman–Crippen MR) is 81.2 cm³/mol. The number of pyridine rings is 1. The highest BCUT2D eigenvalue weighted by molar-refractivity contribution is 5.96. The van der Waals surface area contributed by atoms with Crippen molar-refractivity contribution in [1.82, 2.24) is 4.98 Å². The van der Waals surface area contributed by atoms with Gasteiger partial charge in [0.25, 0.3) is 0 Å². The lowest BCUT2D eigenvalue weighted by atomic mass is 9.98. The Balaban J connectivity index is 1.85. The minimum absolute atomic E-state index is 0.740. The molecular weight excluding hydrogens is 234 g/mol. The molecule has 2 unspecified atom stereocenters. The van der Waals surface area contributed by atoms with Crippen molar-refractivity contribution < 1.29 is 0 Å². The van der Waals surface area contributed by atoms with Gasteiger partial charge >= 0.3 is 0 Å². The zero-order valence-corrected chi connectivity index (χ0v) is 11.4. The van der Waals surface area contributed by atoms with E-state index in [2.05, 4.69) is 23.3 Å². The van der Waals surface area contributed by atoms with E-state index in [1.807, 2.05) is 18.2 Å². The molecule has 1 heterocycles. The van der Waals surface area contributed by atoms with Gasteiger partial charge in [0, 0.05) is 11.9 Å². The zero-order chi connectivity index (χ0) is 13.2. The number of nitrogens with two attached hydrogens (primary N) is 1. The Morgan fingerprint density at radius 1 is 1.32 bits per heavy atom. The standard InChI is InChI=1S/C16H21N3/c1-11-5-4-6-12(11)9-19-16-13-7-2-3-8-15(13)18-10-14(16)17/h2-3,7-8,10-12H,4-6,9,17H2,1H3,(H,18,19). The number of hydrogen-bond donors (Lipinski definition) is 2. The first-order chi connectivity index (χ1) is 9.25. The molecule has 1 aromatic carbocycles. The molecule has 2 atom stereocenters. The number of nitrogens with one attached hydrogen (secondary N) is 1. The number of fused-ring (bicyclic) bond motifs is 1. The lowest BCUT2D eigenvalue weighted by Crippen LogP contribution is -2.17. The van der Waals surface area contributed by atoms with Gasteiger partial charge in [-0.15, -0.1) is 0 Å². The van der Waals surface area contributed by atoms with Crippen molar-refractivity contribution in [3.05, 3.63) is 30.5 Å². The molecule has 3 N–H and O–H groups in total. The van der Waals surface area contributed by atoms with Gasteiger partial charge in [0.1, 0.15) is 0 Å². The highest BCUT2D eigenvalue weighted by atomic mass is 14.9. The van der Waals surface area contributed by atoms with E-state index >= 15 is 0 Å². The van der Waals surface area contributed by atoms with Crippen LogP contribution >= 0.6 is 0 Å². The first kappa shape index (κ1) is 12.3. The minimum atomic E-state index is 0.740. The largest absolute Gasteiger partial charge is 0.396 e. The molecule has 19 heavy (non-hydrogen) atoms. The lowest BCUT2D eigenvalue weighted by Gasteiger charge is -2.18. The molecule has 2 aromatic rings. The summed E-state index contributed by atoms with van der Waals surface area (Å²) in [6.45, 7) is 3.37. The van der Waals surface area contributed by atoms with Gasteiger partial charge in [-0.05, 0) is 24.3 Å². The van der Waals surface area contributed by atoms with Crippen LogP contribution in [0.5, 0.6) is 0 Å². The van der Waals surface area contributed by atoms with Gasteiger partial charge < -0.3 is 11.1 Å². The molecular formula is C16H21N3. The first-order valence-corrected chi connectivity index (χ1v) is 7.13. The van der Waals surface area contributed by atoms with Crippen LogP contribution in [0, 0.1) is 11.8 Å². The van der Waals surface area contributed by atoms with Crippen molar-refractivity contribution >= 4 is 22.3 Å². The molecule has 1 aromatic heterocycles. The van der Waals surface area contributed by atoms with E-state index in [-0.39, 0.29) is 0 Å². The molecule has 0 radical (unpaired) electrons. The summed E-state index contributed by atoms with van der Waals surface area (Å²) in [6.07, 6.45) is 5.80. The zero-order valence-electron chi connectivity index (χ0n) is 11.4. The summed E-state index contributed by atoms with van der Waals surface area (Å²) < 4.78 is 0. The molecule has 1 aliphatic rings. The number of benzene rings is 1. The van der Waals surface area contributed by atoms with Crippen molar-refractivity contribution in [2.45, 2.75) is 26.2 Å². The Morgan fingerprint density at radius 2 is 2.16 bits per heavy atom. The summed E-state index contributed by atoms with van der Waals surface area (Å²) in [6, 6.07) is 8.15. The first-order valence-electron chi connectivity index (χ1n) is 7.13. The van der Waals surface area contributed by atoms with E-state index in [1.165, 1.54) is 19.3 Å². The Bertz CT molecular complexity index is 579. The minimum Gasteiger partial charge on any atom is -0.396 e. The van der Waals surface area contributed by atoms with Crippen LogP contribution in [0.2, 0.25) is 0 Å². The number of nitrogens with zero attached hydrogens (tertiary/aromatic N) is 1. The van der Waals surface area contributed by atoms with E-state index in [9.17, 15) is 0 Å². The van der Waals surface area contributed by atoms with E-state index in [4.69, 9.17) is 5.73 Å². The molecule has 1 saturated carbocycles. The number of hydrogen-bond acceptors (Lipinski definition) is 3. The maximum atomic E-state index is 6.08. The SMILES string of the molecule is CC1CCCC1CNc1c(N)cnc2ccccc12. The monoisotopic (exact) mass is 255 g/mol. The van der Waals surface area contributed by atoms with Crippen LogP contribution in [0.3, 0.4) is 0 Å². The van der Waals surface area contributed by atoms with Crippen molar-refractivity contribution in [2.24, 2.45) is 11.8 Å². The van der Waals surface area contributed by atoms with Crippen LogP contribution in [0.15, 0.2) is 30.5 Å². The Labute approximate surface area is 114 Å². The number of aromatic nitrogens is 1. The maximum Gasteiger partial charge on any atom is 0.0743 e. The quantitative estimate of drug-likeness (QED) is 0.880. The molecule has 1 fully saturated rings. The van der Waals surface area contributed by atoms with E-state index in [0.29, 0.717) is 0 Å². The third-order valence-corrected chi connectivity index (χ3v) is 4.38. The lowest BCUT2D eigenvalue weighted by molar-refractivity contribution is 0.440. The summed E-state index contributed by atoms with van der Waals surface area (Å²) in [5, 5.41) is 4.68. The Kier molecular flexibility index (Phi) is 3.28. The molecule has 0 bridgehead atoms. The topological polar surface area (TPSA) is 50.9 Å². The van der Waals surface area contributed by atoms with Crippen LogP contribution in [0.4, 0.5) is 11.4 Å². The van der Waals surface area contributed by atoms with Gasteiger partial charge in [-0.2, -0.15) is 0 Å². The molecule has 3 nitrogen and oxygen atoms in total. The van der Waals surface area contributed by atoms with Gasteiger partial charge in [-0.1, -0.05) is 38.0 Å². The highest BCUT2D eigenvalue weighted by Crippen LogP contribution is 2.33. The average molecular weight is 255 g/mol. The van der Waals surface area contributed by atoms with E-state index < -0.39 is 0 Å². The molecule has 3 rings (SSSR count). The second-order valence-corrected chi connectivity index (χ2v) is 5.65. The number of anilines is 2. The summed E-state index contributed by atoms with van der Waals surface area (Å²) in [5.74, 6) is 1.59. The number of rotatable bonds is 3. The summed E-state index contributed by atoms with van der Waals surface area (Å²) in [4.78, 5) is 4.37. The van der Waals surface area contributed by atoms with Gasteiger partial charge in [0.15, 0.2) is 0 Å². The molecule has 1 aliphatic carbocycles. The van der Waals surface area contributed by atoms with Gasteiger partial charge in [0.05, 0.1) is 23.1 Å². The molecule has 0 amide bonds. The Morgan fingerprint density at radius 3 is 2.95 bits per heavy atom. The van der Waals surface area contributed by atoms with Crippen molar-refractivity contribution in [2.75, 3.05) is 17.6 Å². The Hall–Kier alpha value is -1.77. The van der Waals surface area contributed by atoms with E-state index in [0.717, 1.165) is 40.7 Å². The van der Waals surface area contributed by atoms with Crippen LogP contribution in [0.1, 0.15) is 26.2 Å². The average Bonchev–Trinajstić information content (AvgIpc) is 2.83. The van der Waals surface area contributed by atoms with Crippen LogP contribution < -0.4 is 11.1 Å². The molecule has 3 heteroatoms. The van der Waals surface area contributed by atoms with Gasteiger partial charge in [-0.3, -0.25) is 4.98 Å². The maximum absolute atomic E-state index is 6.08. The normalized spacial score (nSPS) is 22.8. The smallest absolute Gasteiger partial charge is 0.0743 e. The summed E-state index contributed by atoms with van der Waals surface area (Å²) >= 11 is 0. The van der Waals surface area contributed by atoms with Crippen LogP contribution in [0.25, 0.3) is 10.9 Å². The second kappa shape index (κ2) is 5.08. The number of para-hydroxylation sites is 1. The van der Waals surface area contributed by atoms with Gasteiger partial charge in [-0.25, -0.2) is 0 Å². The second-order valence-electron chi connectivity index (χ2n) is 5.65. The van der Waals surface area contributed by atoms with Gasteiger partial charge in [0.2, 0.25) is 0 Å². The third-order valence-electron chi connectivity index (χ3n) is 4.38. The fourth-order valence-electron chi connectivity index (χ4n) is 3.11. The summed E-state index contributed by atoms with van der Waals surface area (Å²) in [5.41, 5.74) is 8.87. The van der Waals surface area contributed by atoms with Crippen molar-refractivity contribution in [1.29, 1.82) is 0 Å². The third kappa shape index (κ3) is 2.37. The molecule has 0 aliphatic heterocycles. The fourth-order valence-corrected chi connectivity index (χ4v) is 3.11. The fraction of sp³-hybridized carbons (Fsp3) is 0.438. The summed E-state index contributed by atoms with van der Waals surface area (Å²) in [7, 11) is 0. The van der Waals surface area contributed by atoms with Crippen molar-refractivity contribution in [3.63, 3.8) is 0 Å². The van der Waals surface area contributed by atoms with Crippen LogP contribution in [-0.2, 0) is 0 Å². The molecule has 0 spiro atoms. The van der Waals surface area contributed by atoms with Crippen molar-refractivity contribution in [3.8, 4) is 0 Å². The number of nitrogen functional groups attached to an aromatic ring is 1. The predicted octanol–water partition coefficient (Wildman–Crippen LogP) is 3.67. The molecule has 100 valence electrons.